The number of nitrogens with zero attached hydrogens (tertiary/aromatic N) is 2. The summed E-state index contributed by atoms with van der Waals surface area (Å²) in [5.41, 5.74) is 0.574. The SMILES string of the molecule is COc1ccc(OCCN2CCN(C(=O)c3ccccc3Cl)CC2)cc1. The number of carbonyl (C=O) groups is 1. The third kappa shape index (κ3) is 4.68. The van der Waals surface area contributed by atoms with Gasteiger partial charge < -0.3 is 14.4 Å². The second kappa shape index (κ2) is 8.92. The Labute approximate surface area is 159 Å². The zero-order valence-corrected chi connectivity index (χ0v) is 15.6. The summed E-state index contributed by atoms with van der Waals surface area (Å²) in [4.78, 5) is 16.7. The van der Waals surface area contributed by atoms with Gasteiger partial charge >= 0.3 is 0 Å². The van der Waals surface area contributed by atoms with Gasteiger partial charge in [-0.25, -0.2) is 0 Å². The first-order valence-electron chi connectivity index (χ1n) is 8.70. The Hall–Kier alpha value is -2.24. The second-order valence-electron chi connectivity index (χ2n) is 6.14. The minimum Gasteiger partial charge on any atom is -0.497 e. The lowest BCUT2D eigenvalue weighted by Gasteiger charge is -2.34. The predicted octanol–water partition coefficient (Wildman–Crippen LogP) is 3.19. The van der Waals surface area contributed by atoms with Crippen LogP contribution in [-0.4, -0.2) is 62.1 Å². The van der Waals surface area contributed by atoms with Crippen LogP contribution in [0, 0.1) is 0 Å². The van der Waals surface area contributed by atoms with Crippen LogP contribution in [0.2, 0.25) is 5.02 Å². The summed E-state index contributed by atoms with van der Waals surface area (Å²) in [6.07, 6.45) is 0. The van der Waals surface area contributed by atoms with Crippen LogP contribution in [0.4, 0.5) is 0 Å². The van der Waals surface area contributed by atoms with Crippen LogP contribution in [0.15, 0.2) is 48.5 Å². The Morgan fingerprint density at radius 1 is 1.00 bits per heavy atom. The topological polar surface area (TPSA) is 42.0 Å². The van der Waals surface area contributed by atoms with Crippen molar-refractivity contribution in [3.63, 3.8) is 0 Å². The van der Waals surface area contributed by atoms with Crippen LogP contribution < -0.4 is 9.47 Å². The van der Waals surface area contributed by atoms with E-state index in [2.05, 4.69) is 4.90 Å². The zero-order valence-electron chi connectivity index (χ0n) is 14.9. The van der Waals surface area contributed by atoms with Crippen molar-refractivity contribution in [2.75, 3.05) is 46.4 Å². The summed E-state index contributed by atoms with van der Waals surface area (Å²) in [6, 6.07) is 14.8. The molecule has 0 N–H and O–H groups in total. The van der Waals surface area contributed by atoms with Gasteiger partial charge in [-0.1, -0.05) is 23.7 Å². The van der Waals surface area contributed by atoms with Gasteiger partial charge in [0.05, 0.1) is 17.7 Å². The fraction of sp³-hybridized carbons (Fsp3) is 0.350. The largest absolute Gasteiger partial charge is 0.497 e. The summed E-state index contributed by atoms with van der Waals surface area (Å²) >= 11 is 6.13. The van der Waals surface area contributed by atoms with E-state index in [1.54, 1.807) is 19.2 Å². The summed E-state index contributed by atoms with van der Waals surface area (Å²) in [7, 11) is 1.64. The van der Waals surface area contributed by atoms with Crippen molar-refractivity contribution < 1.29 is 14.3 Å². The molecule has 2 aromatic carbocycles. The van der Waals surface area contributed by atoms with Crippen molar-refractivity contribution in [1.29, 1.82) is 0 Å². The monoisotopic (exact) mass is 374 g/mol. The smallest absolute Gasteiger partial charge is 0.255 e. The number of piperazine rings is 1. The Balaban J connectivity index is 1.42. The highest BCUT2D eigenvalue weighted by atomic mass is 35.5. The first-order chi connectivity index (χ1) is 12.7. The molecule has 0 bridgehead atoms. The minimum atomic E-state index is 0.00438. The summed E-state index contributed by atoms with van der Waals surface area (Å²) in [5, 5.41) is 0.507. The van der Waals surface area contributed by atoms with Crippen molar-refractivity contribution >= 4 is 17.5 Å². The van der Waals surface area contributed by atoms with E-state index in [1.165, 1.54) is 0 Å². The number of carbonyl (C=O) groups excluding carboxylic acids is 1. The fourth-order valence-electron chi connectivity index (χ4n) is 2.94. The van der Waals surface area contributed by atoms with Crippen molar-refractivity contribution in [3.05, 3.63) is 59.1 Å². The van der Waals surface area contributed by atoms with Crippen LogP contribution in [0.3, 0.4) is 0 Å². The molecule has 1 heterocycles. The van der Waals surface area contributed by atoms with Crippen LogP contribution in [0.1, 0.15) is 10.4 Å². The maximum atomic E-state index is 12.6. The molecule has 1 fully saturated rings. The average Bonchev–Trinajstić information content (AvgIpc) is 2.69. The van der Waals surface area contributed by atoms with Crippen molar-refractivity contribution in [2.45, 2.75) is 0 Å². The molecule has 1 aliphatic heterocycles. The molecule has 0 aromatic heterocycles. The number of rotatable bonds is 6. The van der Waals surface area contributed by atoms with Gasteiger partial charge in [0, 0.05) is 32.7 Å². The van der Waals surface area contributed by atoms with Crippen LogP contribution in [0.25, 0.3) is 0 Å². The molecule has 0 saturated carbocycles. The fourth-order valence-corrected chi connectivity index (χ4v) is 3.16. The maximum absolute atomic E-state index is 12.6. The normalized spacial score (nSPS) is 14.9. The number of benzene rings is 2. The van der Waals surface area contributed by atoms with Gasteiger partial charge in [0.2, 0.25) is 0 Å². The van der Waals surface area contributed by atoms with E-state index in [9.17, 15) is 4.79 Å². The Bertz CT molecular complexity index is 728. The van der Waals surface area contributed by atoms with Crippen molar-refractivity contribution in [2.24, 2.45) is 0 Å². The van der Waals surface area contributed by atoms with Gasteiger partial charge in [0.1, 0.15) is 18.1 Å². The third-order valence-electron chi connectivity index (χ3n) is 4.50. The Kier molecular flexibility index (Phi) is 6.36. The molecule has 5 nitrogen and oxygen atoms in total. The van der Waals surface area contributed by atoms with E-state index in [4.69, 9.17) is 21.1 Å². The number of amides is 1. The molecule has 0 spiro atoms. The van der Waals surface area contributed by atoms with E-state index in [0.29, 0.717) is 30.3 Å². The number of methoxy groups -OCH3 is 1. The van der Waals surface area contributed by atoms with E-state index >= 15 is 0 Å². The summed E-state index contributed by atoms with van der Waals surface area (Å²) < 4.78 is 10.9. The Morgan fingerprint density at radius 3 is 2.31 bits per heavy atom. The zero-order chi connectivity index (χ0) is 18.4. The molecule has 0 aliphatic carbocycles. The van der Waals surface area contributed by atoms with E-state index in [1.807, 2.05) is 41.3 Å². The molecule has 26 heavy (non-hydrogen) atoms. The second-order valence-corrected chi connectivity index (χ2v) is 6.54. The van der Waals surface area contributed by atoms with Crippen LogP contribution >= 0.6 is 11.6 Å². The molecule has 1 amide bonds. The highest BCUT2D eigenvalue weighted by molar-refractivity contribution is 6.33. The molecule has 0 radical (unpaired) electrons. The van der Waals surface area contributed by atoms with Gasteiger partial charge in [-0.2, -0.15) is 0 Å². The van der Waals surface area contributed by atoms with Crippen LogP contribution in [0.5, 0.6) is 11.5 Å². The molecule has 138 valence electrons. The van der Waals surface area contributed by atoms with Crippen LogP contribution in [-0.2, 0) is 0 Å². The predicted molar refractivity (Wildman–Crippen MR) is 102 cm³/mol. The first kappa shape index (κ1) is 18.5. The number of hydrogen-bond acceptors (Lipinski definition) is 4. The standard InChI is InChI=1S/C20H23ClN2O3/c1-25-16-6-8-17(9-7-16)26-15-14-22-10-12-23(13-11-22)20(24)18-4-2-3-5-19(18)21/h2-9H,10-15H2,1H3. The molecule has 0 atom stereocenters. The molecular weight excluding hydrogens is 352 g/mol. The van der Waals surface area contributed by atoms with Gasteiger partial charge in [0.15, 0.2) is 0 Å². The van der Waals surface area contributed by atoms with Crippen molar-refractivity contribution in [1.82, 2.24) is 9.80 Å². The highest BCUT2D eigenvalue weighted by Gasteiger charge is 2.23. The molecule has 6 heteroatoms. The average molecular weight is 375 g/mol. The number of halogens is 1. The van der Waals surface area contributed by atoms with Gasteiger partial charge in [-0.15, -0.1) is 0 Å². The van der Waals surface area contributed by atoms with E-state index < -0.39 is 0 Å². The lowest BCUT2D eigenvalue weighted by atomic mass is 10.2. The van der Waals surface area contributed by atoms with Gasteiger partial charge in [-0.05, 0) is 36.4 Å². The van der Waals surface area contributed by atoms with Gasteiger partial charge in [-0.3, -0.25) is 9.69 Å². The Morgan fingerprint density at radius 2 is 1.65 bits per heavy atom. The third-order valence-corrected chi connectivity index (χ3v) is 4.83. The lowest BCUT2D eigenvalue weighted by molar-refractivity contribution is 0.0620. The summed E-state index contributed by atoms with van der Waals surface area (Å²) in [6.45, 7) is 4.52. The molecule has 1 saturated heterocycles. The van der Waals surface area contributed by atoms with E-state index in [0.717, 1.165) is 31.1 Å². The quantitative estimate of drug-likeness (QED) is 0.778. The van der Waals surface area contributed by atoms with Crippen molar-refractivity contribution in [3.8, 4) is 11.5 Å². The molecule has 2 aromatic rings. The lowest BCUT2D eigenvalue weighted by Crippen LogP contribution is -2.49. The number of ether oxygens (including phenoxy) is 2. The maximum Gasteiger partial charge on any atom is 0.255 e. The number of hydrogen-bond donors (Lipinski definition) is 0. The molecule has 1 aliphatic rings. The molecule has 3 rings (SSSR count). The van der Waals surface area contributed by atoms with Gasteiger partial charge in [0.25, 0.3) is 5.91 Å². The van der Waals surface area contributed by atoms with E-state index in [-0.39, 0.29) is 5.91 Å². The first-order valence-corrected chi connectivity index (χ1v) is 9.08. The molecular formula is C20H23ClN2O3. The highest BCUT2D eigenvalue weighted by Crippen LogP contribution is 2.19. The summed E-state index contributed by atoms with van der Waals surface area (Å²) in [5.74, 6) is 1.65. The molecule has 0 unspecified atom stereocenters. The minimum absolute atomic E-state index is 0.00438.